The number of rotatable bonds is 5. The van der Waals surface area contributed by atoms with Crippen molar-refractivity contribution in [3.8, 4) is 0 Å². The Morgan fingerprint density at radius 3 is 2.55 bits per heavy atom. The Morgan fingerprint density at radius 1 is 1.32 bits per heavy atom. The van der Waals surface area contributed by atoms with E-state index in [-0.39, 0.29) is 4.90 Å². The van der Waals surface area contributed by atoms with Gasteiger partial charge in [0.1, 0.15) is 6.04 Å². The van der Waals surface area contributed by atoms with Crippen molar-refractivity contribution in [3.05, 3.63) is 29.8 Å². The maximum atomic E-state index is 12.1. The molecule has 0 aliphatic carbocycles. The molecule has 1 aromatic rings. The van der Waals surface area contributed by atoms with Crippen LogP contribution in [0.5, 0.6) is 0 Å². The zero-order chi connectivity index (χ0) is 16.3. The molecule has 0 radical (unpaired) electrons. The minimum atomic E-state index is -3.78. The van der Waals surface area contributed by atoms with Crippen LogP contribution in [0.15, 0.2) is 29.2 Å². The van der Waals surface area contributed by atoms with Crippen molar-refractivity contribution in [2.45, 2.75) is 30.7 Å². The van der Waals surface area contributed by atoms with Crippen molar-refractivity contribution in [3.63, 3.8) is 0 Å². The molecule has 22 heavy (non-hydrogen) atoms. The van der Waals surface area contributed by atoms with Gasteiger partial charge in [-0.3, -0.25) is 4.79 Å². The molecule has 0 saturated carbocycles. The number of amides is 1. The van der Waals surface area contributed by atoms with Crippen LogP contribution in [0.1, 0.15) is 18.4 Å². The van der Waals surface area contributed by atoms with Crippen LogP contribution in [0, 0.1) is 6.92 Å². The summed E-state index contributed by atoms with van der Waals surface area (Å²) in [6.45, 7) is 1.73. The molecule has 0 spiro atoms. The number of carbonyl (C=O) groups is 2. The zero-order valence-corrected chi connectivity index (χ0v) is 13.0. The predicted molar refractivity (Wildman–Crippen MR) is 78.7 cm³/mol. The number of carbonyl (C=O) groups excluding carboxylic acids is 1. The van der Waals surface area contributed by atoms with Gasteiger partial charge in [-0.1, -0.05) is 17.7 Å². The molecule has 0 aromatic heterocycles. The lowest BCUT2D eigenvalue weighted by Crippen LogP contribution is -2.45. The Balaban J connectivity index is 2.01. The second kappa shape index (κ2) is 6.45. The van der Waals surface area contributed by atoms with Crippen LogP contribution in [0.4, 0.5) is 0 Å². The number of nitrogens with zero attached hydrogens (tertiary/aromatic N) is 1. The summed E-state index contributed by atoms with van der Waals surface area (Å²) in [7, 11) is -3.78. The van der Waals surface area contributed by atoms with Crippen molar-refractivity contribution in [1.82, 2.24) is 9.62 Å². The van der Waals surface area contributed by atoms with Gasteiger partial charge in [-0.15, -0.1) is 0 Å². The number of hydrogen-bond donors (Lipinski definition) is 2. The lowest BCUT2D eigenvalue weighted by atomic mass is 10.2. The van der Waals surface area contributed by atoms with Gasteiger partial charge in [0.25, 0.3) is 0 Å². The molecule has 8 heteroatoms. The van der Waals surface area contributed by atoms with Crippen LogP contribution in [0.2, 0.25) is 0 Å². The zero-order valence-electron chi connectivity index (χ0n) is 12.2. The van der Waals surface area contributed by atoms with Gasteiger partial charge >= 0.3 is 5.97 Å². The Hall–Kier alpha value is -1.93. The monoisotopic (exact) mass is 326 g/mol. The van der Waals surface area contributed by atoms with E-state index in [1.54, 1.807) is 12.1 Å². The number of aliphatic carboxylic acids is 1. The van der Waals surface area contributed by atoms with E-state index in [9.17, 15) is 18.0 Å². The Bertz CT molecular complexity index is 669. The van der Waals surface area contributed by atoms with E-state index < -0.39 is 34.5 Å². The van der Waals surface area contributed by atoms with Gasteiger partial charge in [-0.05, 0) is 31.9 Å². The Labute approximate surface area is 129 Å². The van der Waals surface area contributed by atoms with E-state index in [1.807, 2.05) is 6.92 Å². The minimum Gasteiger partial charge on any atom is -0.480 e. The van der Waals surface area contributed by atoms with E-state index in [0.29, 0.717) is 19.4 Å². The molecule has 1 aliphatic heterocycles. The van der Waals surface area contributed by atoms with E-state index in [0.717, 1.165) is 5.56 Å². The average molecular weight is 326 g/mol. The highest BCUT2D eigenvalue weighted by Crippen LogP contribution is 2.17. The molecule has 0 bridgehead atoms. The third-order valence-corrected chi connectivity index (χ3v) is 5.02. The molecule has 2 N–H and O–H groups in total. The van der Waals surface area contributed by atoms with Gasteiger partial charge in [0.15, 0.2) is 0 Å². The lowest BCUT2D eigenvalue weighted by molar-refractivity contribution is -0.147. The standard InChI is InChI=1S/C14H18N2O5S/c1-10-4-6-11(7-5-10)22(20,21)15-9-13(17)16-8-2-3-12(16)14(18)19/h4-7,12,15H,2-3,8-9H2,1H3,(H,18,19)/t12-/m1/s1. The van der Waals surface area contributed by atoms with E-state index >= 15 is 0 Å². The number of nitrogens with one attached hydrogen (secondary N) is 1. The van der Waals surface area contributed by atoms with Crippen LogP contribution >= 0.6 is 0 Å². The number of likely N-dealkylation sites (tertiary alicyclic amines) is 1. The van der Waals surface area contributed by atoms with Gasteiger partial charge in [0.2, 0.25) is 15.9 Å². The van der Waals surface area contributed by atoms with Gasteiger partial charge in [0.05, 0.1) is 11.4 Å². The maximum absolute atomic E-state index is 12.1. The maximum Gasteiger partial charge on any atom is 0.326 e. The van der Waals surface area contributed by atoms with Crippen LogP contribution in [0.3, 0.4) is 0 Å². The summed E-state index contributed by atoms with van der Waals surface area (Å²) >= 11 is 0. The molecule has 120 valence electrons. The molecular formula is C14H18N2O5S. The van der Waals surface area contributed by atoms with Crippen LogP contribution in [0.25, 0.3) is 0 Å². The lowest BCUT2D eigenvalue weighted by Gasteiger charge is -2.21. The van der Waals surface area contributed by atoms with Crippen molar-refractivity contribution in [2.75, 3.05) is 13.1 Å². The molecule has 2 rings (SSSR count). The van der Waals surface area contributed by atoms with Crippen molar-refractivity contribution in [2.24, 2.45) is 0 Å². The van der Waals surface area contributed by atoms with Gasteiger partial charge in [0, 0.05) is 6.54 Å². The highest BCUT2D eigenvalue weighted by atomic mass is 32.2. The predicted octanol–water partition coefficient (Wildman–Crippen LogP) is 0.349. The molecular weight excluding hydrogens is 308 g/mol. The number of carboxylic acids is 1. The van der Waals surface area contributed by atoms with Crippen LogP contribution in [-0.4, -0.2) is 49.4 Å². The first-order valence-electron chi connectivity index (χ1n) is 6.90. The third-order valence-electron chi connectivity index (χ3n) is 3.60. The molecule has 1 aliphatic rings. The third kappa shape index (κ3) is 3.63. The van der Waals surface area contributed by atoms with Crippen molar-refractivity contribution < 1.29 is 23.1 Å². The molecule has 1 atom stereocenters. The normalized spacial score (nSPS) is 18.4. The van der Waals surface area contributed by atoms with Crippen LogP contribution in [-0.2, 0) is 19.6 Å². The fourth-order valence-corrected chi connectivity index (χ4v) is 3.36. The van der Waals surface area contributed by atoms with Crippen molar-refractivity contribution >= 4 is 21.9 Å². The summed E-state index contributed by atoms with van der Waals surface area (Å²) in [5.41, 5.74) is 0.927. The first-order chi connectivity index (χ1) is 10.3. The van der Waals surface area contributed by atoms with Gasteiger partial charge in [-0.2, -0.15) is 0 Å². The summed E-state index contributed by atoms with van der Waals surface area (Å²) in [5.74, 6) is -1.59. The fraction of sp³-hybridized carbons (Fsp3) is 0.429. The molecule has 1 heterocycles. The molecule has 1 amide bonds. The smallest absolute Gasteiger partial charge is 0.326 e. The fourth-order valence-electron chi connectivity index (χ4n) is 2.38. The average Bonchev–Trinajstić information content (AvgIpc) is 2.95. The summed E-state index contributed by atoms with van der Waals surface area (Å²) in [6.07, 6.45) is 0.999. The topological polar surface area (TPSA) is 104 Å². The second-order valence-electron chi connectivity index (χ2n) is 5.22. The summed E-state index contributed by atoms with van der Waals surface area (Å²) < 4.78 is 26.4. The largest absolute Gasteiger partial charge is 0.480 e. The Morgan fingerprint density at radius 2 is 1.95 bits per heavy atom. The van der Waals surface area contributed by atoms with E-state index in [1.165, 1.54) is 17.0 Å². The quantitative estimate of drug-likeness (QED) is 0.812. The van der Waals surface area contributed by atoms with Gasteiger partial charge < -0.3 is 10.0 Å². The second-order valence-corrected chi connectivity index (χ2v) is 6.99. The summed E-state index contributed by atoms with van der Waals surface area (Å²) in [4.78, 5) is 24.3. The van der Waals surface area contributed by atoms with Crippen molar-refractivity contribution in [1.29, 1.82) is 0 Å². The molecule has 1 aromatic carbocycles. The minimum absolute atomic E-state index is 0.0714. The summed E-state index contributed by atoms with van der Waals surface area (Å²) in [6, 6.07) is 5.38. The highest BCUT2D eigenvalue weighted by Gasteiger charge is 2.34. The van der Waals surface area contributed by atoms with E-state index in [4.69, 9.17) is 5.11 Å². The first-order valence-corrected chi connectivity index (χ1v) is 8.38. The summed E-state index contributed by atoms with van der Waals surface area (Å²) in [5, 5.41) is 9.03. The number of benzene rings is 1. The highest BCUT2D eigenvalue weighted by molar-refractivity contribution is 7.89. The SMILES string of the molecule is Cc1ccc(S(=O)(=O)NCC(=O)N2CCC[C@@H]2C(=O)O)cc1. The first kappa shape index (κ1) is 16.4. The van der Waals surface area contributed by atoms with E-state index in [2.05, 4.69) is 4.72 Å². The van der Waals surface area contributed by atoms with Crippen LogP contribution < -0.4 is 4.72 Å². The number of aryl methyl sites for hydroxylation is 1. The van der Waals surface area contributed by atoms with Gasteiger partial charge in [-0.25, -0.2) is 17.9 Å². The molecule has 7 nitrogen and oxygen atoms in total. The molecule has 0 unspecified atom stereocenters. The number of carboxylic acid groups (broad SMARTS) is 1. The molecule has 1 saturated heterocycles. The number of sulfonamides is 1. The number of hydrogen-bond acceptors (Lipinski definition) is 4. The molecule has 1 fully saturated rings. The Kier molecular flexibility index (Phi) is 4.82.